The van der Waals surface area contributed by atoms with Gasteiger partial charge in [-0.1, -0.05) is 30.3 Å². The second kappa shape index (κ2) is 7.75. The molecule has 140 valence electrons. The van der Waals surface area contributed by atoms with Gasteiger partial charge in [0.1, 0.15) is 5.69 Å². The number of benzene rings is 1. The summed E-state index contributed by atoms with van der Waals surface area (Å²) in [5.74, 6) is -0.774. The predicted octanol–water partition coefficient (Wildman–Crippen LogP) is 4.57. The molecule has 6 nitrogen and oxygen atoms in total. The molecule has 0 saturated carbocycles. The third kappa shape index (κ3) is 4.09. The number of aryl methyl sites for hydroxylation is 1. The van der Waals surface area contributed by atoms with Crippen LogP contribution in [0.4, 0.5) is 5.13 Å². The highest BCUT2D eigenvalue weighted by Gasteiger charge is 2.24. The van der Waals surface area contributed by atoms with E-state index in [4.69, 9.17) is 4.74 Å². The van der Waals surface area contributed by atoms with Gasteiger partial charge in [-0.05, 0) is 33.3 Å². The lowest BCUT2D eigenvalue weighted by atomic mass is 10.1. The summed E-state index contributed by atoms with van der Waals surface area (Å²) in [6.07, 6.45) is -0.227. The van der Waals surface area contributed by atoms with Gasteiger partial charge in [0.2, 0.25) is 0 Å². The lowest BCUT2D eigenvalue weighted by Crippen LogP contribution is -2.15. The van der Waals surface area contributed by atoms with Crippen molar-refractivity contribution in [1.29, 1.82) is 0 Å². The van der Waals surface area contributed by atoms with Crippen LogP contribution in [-0.4, -0.2) is 27.9 Å². The number of hydrogen-bond donors (Lipinski definition) is 2. The maximum absolute atomic E-state index is 12.7. The van der Waals surface area contributed by atoms with Crippen molar-refractivity contribution in [2.75, 3.05) is 5.32 Å². The predicted molar refractivity (Wildman–Crippen MR) is 106 cm³/mol. The van der Waals surface area contributed by atoms with Crippen molar-refractivity contribution in [3.63, 3.8) is 0 Å². The number of thiazole rings is 1. The second-order valence-corrected chi connectivity index (χ2v) is 7.30. The van der Waals surface area contributed by atoms with Gasteiger partial charge in [0.15, 0.2) is 5.13 Å². The van der Waals surface area contributed by atoms with E-state index in [-0.39, 0.29) is 12.0 Å². The summed E-state index contributed by atoms with van der Waals surface area (Å²) < 4.78 is 5.26. The SMILES string of the molecule is Cc1[nH]c(C(=O)Nc2nc(-c3ccccc3)cs2)c(C)c1C(=O)OC(C)C. The number of nitrogens with one attached hydrogen (secondary N) is 2. The molecule has 1 amide bonds. The summed E-state index contributed by atoms with van der Waals surface area (Å²) in [5, 5.41) is 5.18. The Bertz CT molecular complexity index is 974. The van der Waals surface area contributed by atoms with Crippen molar-refractivity contribution in [3.05, 3.63) is 58.2 Å². The molecule has 0 aliphatic heterocycles. The summed E-state index contributed by atoms with van der Waals surface area (Å²) in [6, 6.07) is 9.75. The van der Waals surface area contributed by atoms with Crippen LogP contribution in [0.1, 0.15) is 46.0 Å². The van der Waals surface area contributed by atoms with Crippen LogP contribution in [0.25, 0.3) is 11.3 Å². The molecule has 0 aliphatic carbocycles. The molecule has 0 fully saturated rings. The molecule has 1 aromatic carbocycles. The third-order valence-electron chi connectivity index (χ3n) is 4.01. The molecule has 0 bridgehead atoms. The summed E-state index contributed by atoms with van der Waals surface area (Å²) >= 11 is 1.35. The zero-order valence-electron chi connectivity index (χ0n) is 15.6. The van der Waals surface area contributed by atoms with Gasteiger partial charge >= 0.3 is 5.97 Å². The molecule has 0 saturated heterocycles. The first kappa shape index (κ1) is 18.8. The number of aromatic amines is 1. The Morgan fingerprint density at radius 1 is 1.19 bits per heavy atom. The van der Waals surface area contributed by atoms with E-state index in [1.807, 2.05) is 35.7 Å². The molecular formula is C20H21N3O3S. The van der Waals surface area contributed by atoms with Crippen LogP contribution in [-0.2, 0) is 4.74 Å². The van der Waals surface area contributed by atoms with Crippen LogP contribution in [0.5, 0.6) is 0 Å². The molecule has 0 atom stereocenters. The number of esters is 1. The lowest BCUT2D eigenvalue weighted by Gasteiger charge is -2.08. The molecule has 0 aliphatic rings. The van der Waals surface area contributed by atoms with Crippen LogP contribution in [0.15, 0.2) is 35.7 Å². The maximum Gasteiger partial charge on any atom is 0.340 e. The number of amides is 1. The average Bonchev–Trinajstić information content (AvgIpc) is 3.19. The van der Waals surface area contributed by atoms with Crippen molar-refractivity contribution in [2.45, 2.75) is 33.8 Å². The van der Waals surface area contributed by atoms with Crippen molar-refractivity contribution in [2.24, 2.45) is 0 Å². The number of rotatable bonds is 5. The largest absolute Gasteiger partial charge is 0.459 e. The minimum atomic E-state index is -0.434. The monoisotopic (exact) mass is 383 g/mol. The van der Waals surface area contributed by atoms with Gasteiger partial charge in [-0.15, -0.1) is 11.3 Å². The molecule has 7 heteroatoms. The first-order chi connectivity index (χ1) is 12.9. The number of anilines is 1. The Kier molecular flexibility index (Phi) is 5.41. The molecule has 0 unspecified atom stereocenters. The van der Waals surface area contributed by atoms with E-state index in [1.54, 1.807) is 27.7 Å². The number of ether oxygens (including phenoxy) is 1. The highest BCUT2D eigenvalue weighted by molar-refractivity contribution is 7.14. The van der Waals surface area contributed by atoms with Gasteiger partial charge in [-0.3, -0.25) is 10.1 Å². The average molecular weight is 383 g/mol. The molecule has 0 radical (unpaired) electrons. The second-order valence-electron chi connectivity index (χ2n) is 6.44. The van der Waals surface area contributed by atoms with Crippen LogP contribution >= 0.6 is 11.3 Å². The standard InChI is InChI=1S/C20H21N3O3S/c1-11(2)26-19(25)16-12(3)17(21-13(16)4)18(24)23-20-22-15(10-27-20)14-8-6-5-7-9-14/h5-11,21H,1-4H3,(H,22,23,24). The number of H-pyrrole nitrogens is 1. The Labute approximate surface area is 161 Å². The normalized spacial score (nSPS) is 10.9. The quantitative estimate of drug-likeness (QED) is 0.632. The molecule has 27 heavy (non-hydrogen) atoms. The highest BCUT2D eigenvalue weighted by atomic mass is 32.1. The number of aromatic nitrogens is 2. The van der Waals surface area contributed by atoms with Crippen LogP contribution in [0, 0.1) is 13.8 Å². The van der Waals surface area contributed by atoms with E-state index in [9.17, 15) is 9.59 Å². The minimum Gasteiger partial charge on any atom is -0.459 e. The number of carbonyl (C=O) groups excluding carboxylic acids is 2. The Balaban J connectivity index is 1.79. The summed E-state index contributed by atoms with van der Waals surface area (Å²) in [6.45, 7) is 7.05. The van der Waals surface area contributed by atoms with Gasteiger partial charge in [-0.25, -0.2) is 9.78 Å². The van der Waals surface area contributed by atoms with E-state index in [0.717, 1.165) is 11.3 Å². The van der Waals surface area contributed by atoms with Gasteiger partial charge in [-0.2, -0.15) is 0 Å². The van der Waals surface area contributed by atoms with E-state index < -0.39 is 5.97 Å². The molecule has 2 N–H and O–H groups in total. The van der Waals surface area contributed by atoms with E-state index in [0.29, 0.717) is 27.6 Å². The molecule has 2 aromatic heterocycles. The van der Waals surface area contributed by atoms with Crippen LogP contribution in [0.3, 0.4) is 0 Å². The van der Waals surface area contributed by atoms with Gasteiger partial charge in [0, 0.05) is 16.6 Å². The van der Waals surface area contributed by atoms with Gasteiger partial charge in [0.25, 0.3) is 5.91 Å². The Morgan fingerprint density at radius 3 is 2.56 bits per heavy atom. The fourth-order valence-corrected chi connectivity index (χ4v) is 3.50. The first-order valence-corrected chi connectivity index (χ1v) is 9.47. The third-order valence-corrected chi connectivity index (χ3v) is 4.76. The van der Waals surface area contributed by atoms with E-state index >= 15 is 0 Å². The minimum absolute atomic E-state index is 0.227. The first-order valence-electron chi connectivity index (χ1n) is 8.59. The Morgan fingerprint density at radius 2 is 1.89 bits per heavy atom. The van der Waals surface area contributed by atoms with Crippen LogP contribution < -0.4 is 5.32 Å². The van der Waals surface area contributed by atoms with Crippen molar-refractivity contribution in [1.82, 2.24) is 9.97 Å². The van der Waals surface area contributed by atoms with E-state index in [1.165, 1.54) is 11.3 Å². The summed E-state index contributed by atoms with van der Waals surface area (Å²) in [4.78, 5) is 32.4. The van der Waals surface area contributed by atoms with Gasteiger partial charge < -0.3 is 9.72 Å². The molecular weight excluding hydrogens is 362 g/mol. The van der Waals surface area contributed by atoms with Crippen molar-refractivity contribution >= 4 is 28.3 Å². The molecule has 3 rings (SSSR count). The topological polar surface area (TPSA) is 84.1 Å². The lowest BCUT2D eigenvalue weighted by molar-refractivity contribution is 0.0376. The van der Waals surface area contributed by atoms with Crippen molar-refractivity contribution in [3.8, 4) is 11.3 Å². The molecule has 3 aromatic rings. The van der Waals surface area contributed by atoms with Gasteiger partial charge in [0.05, 0.1) is 17.4 Å². The summed E-state index contributed by atoms with van der Waals surface area (Å²) in [5.41, 5.74) is 3.69. The number of nitrogens with zero attached hydrogens (tertiary/aromatic N) is 1. The van der Waals surface area contributed by atoms with Crippen molar-refractivity contribution < 1.29 is 14.3 Å². The maximum atomic E-state index is 12.7. The molecule has 2 heterocycles. The smallest absolute Gasteiger partial charge is 0.340 e. The molecule has 0 spiro atoms. The van der Waals surface area contributed by atoms with Crippen LogP contribution in [0.2, 0.25) is 0 Å². The fraction of sp³-hybridized carbons (Fsp3) is 0.250. The zero-order valence-corrected chi connectivity index (χ0v) is 16.4. The summed E-state index contributed by atoms with van der Waals surface area (Å²) in [7, 11) is 0. The van der Waals surface area contributed by atoms with E-state index in [2.05, 4.69) is 15.3 Å². The number of carbonyl (C=O) groups is 2. The Hall–Kier alpha value is -2.93. The highest BCUT2D eigenvalue weighted by Crippen LogP contribution is 2.26. The number of hydrogen-bond acceptors (Lipinski definition) is 5. The fourth-order valence-electron chi connectivity index (χ4n) is 2.79. The zero-order chi connectivity index (χ0) is 19.6.